The van der Waals surface area contributed by atoms with Gasteiger partial charge in [0.15, 0.2) is 0 Å². The second-order valence-corrected chi connectivity index (χ2v) is 5.22. The van der Waals surface area contributed by atoms with E-state index in [0.717, 1.165) is 6.42 Å². The van der Waals surface area contributed by atoms with Crippen LogP contribution in [0.15, 0.2) is 48.1 Å². The van der Waals surface area contributed by atoms with Gasteiger partial charge < -0.3 is 0 Å². The van der Waals surface area contributed by atoms with Crippen molar-refractivity contribution < 1.29 is 0 Å². The lowest BCUT2D eigenvalue weighted by Gasteiger charge is -2.16. The average molecular weight is 220 g/mol. The molecule has 0 N–H and O–H groups in total. The minimum Gasteiger partial charge on any atom is -0.0873 e. The van der Waals surface area contributed by atoms with Gasteiger partial charge in [-0.25, -0.2) is 0 Å². The van der Waals surface area contributed by atoms with Crippen molar-refractivity contribution in [1.82, 2.24) is 0 Å². The Bertz CT molecular complexity index is 570. The molecule has 17 heavy (non-hydrogen) atoms. The molecule has 84 valence electrons. The topological polar surface area (TPSA) is 0 Å². The van der Waals surface area contributed by atoms with E-state index in [9.17, 15) is 0 Å². The van der Waals surface area contributed by atoms with Crippen LogP contribution in [0.1, 0.15) is 41.9 Å². The van der Waals surface area contributed by atoms with Gasteiger partial charge in [0, 0.05) is 5.92 Å². The third kappa shape index (κ3) is 1.24. The molecule has 0 saturated carbocycles. The molecular weight excluding hydrogens is 204 g/mol. The van der Waals surface area contributed by atoms with Crippen molar-refractivity contribution in [2.75, 3.05) is 0 Å². The fourth-order valence-electron chi connectivity index (χ4n) is 3.62. The van der Waals surface area contributed by atoms with Gasteiger partial charge in [-0.15, -0.1) is 0 Å². The minimum atomic E-state index is 0.680. The molecule has 0 aliphatic heterocycles. The quantitative estimate of drug-likeness (QED) is 0.569. The lowest BCUT2D eigenvalue weighted by molar-refractivity contribution is 0.767. The lowest BCUT2D eigenvalue weighted by atomic mass is 9.87. The molecule has 3 aliphatic rings. The molecule has 1 atom stereocenters. The van der Waals surface area contributed by atoms with Gasteiger partial charge in [0.1, 0.15) is 0 Å². The van der Waals surface area contributed by atoms with Gasteiger partial charge >= 0.3 is 0 Å². The fourth-order valence-corrected chi connectivity index (χ4v) is 3.62. The molecular formula is C17H16. The van der Waals surface area contributed by atoms with Crippen molar-refractivity contribution in [2.24, 2.45) is 0 Å². The SMILES string of the molecule is C1=CC2=C(CC1)C1CC=CCc3cccc2c31. The summed E-state index contributed by atoms with van der Waals surface area (Å²) in [6.07, 6.45) is 14.2. The van der Waals surface area contributed by atoms with Crippen molar-refractivity contribution in [2.45, 2.75) is 31.6 Å². The normalized spacial score (nSPS) is 24.6. The maximum atomic E-state index is 2.38. The van der Waals surface area contributed by atoms with E-state index in [-0.39, 0.29) is 0 Å². The molecule has 0 spiro atoms. The summed E-state index contributed by atoms with van der Waals surface area (Å²) in [4.78, 5) is 0. The van der Waals surface area contributed by atoms with Gasteiger partial charge in [-0.05, 0) is 47.9 Å². The van der Waals surface area contributed by atoms with E-state index >= 15 is 0 Å². The Morgan fingerprint density at radius 3 is 3.06 bits per heavy atom. The predicted molar refractivity (Wildman–Crippen MR) is 71.9 cm³/mol. The maximum Gasteiger partial charge on any atom is 0.0101 e. The Balaban J connectivity index is 2.00. The maximum absolute atomic E-state index is 2.38. The zero-order valence-corrected chi connectivity index (χ0v) is 9.95. The standard InChI is InChI=1S/C17H16/c1-2-10-15-13-8-3-4-9-14(13)16-11-5-7-12(6-1)17(15)16/h1-2,4-5,7,9,11,15H,3,6,8,10H2. The number of hydrogen-bond acceptors (Lipinski definition) is 0. The van der Waals surface area contributed by atoms with Crippen LogP contribution in [-0.2, 0) is 6.42 Å². The Morgan fingerprint density at radius 1 is 1.06 bits per heavy atom. The summed E-state index contributed by atoms with van der Waals surface area (Å²) >= 11 is 0. The van der Waals surface area contributed by atoms with Crippen molar-refractivity contribution >= 4 is 5.57 Å². The first-order valence-corrected chi connectivity index (χ1v) is 6.62. The predicted octanol–water partition coefficient (Wildman–Crippen LogP) is 4.39. The highest BCUT2D eigenvalue weighted by atomic mass is 14.4. The molecule has 0 radical (unpaired) electrons. The van der Waals surface area contributed by atoms with Crippen molar-refractivity contribution in [3.63, 3.8) is 0 Å². The van der Waals surface area contributed by atoms with Crippen LogP contribution in [0.25, 0.3) is 5.57 Å². The zero-order valence-electron chi connectivity index (χ0n) is 9.95. The summed E-state index contributed by atoms with van der Waals surface area (Å²) in [5.74, 6) is 0.680. The Morgan fingerprint density at radius 2 is 2.06 bits per heavy atom. The van der Waals surface area contributed by atoms with E-state index in [1.807, 2.05) is 0 Å². The van der Waals surface area contributed by atoms with Crippen LogP contribution in [0.5, 0.6) is 0 Å². The van der Waals surface area contributed by atoms with E-state index < -0.39 is 0 Å². The average Bonchev–Trinajstić information content (AvgIpc) is 2.56. The fraction of sp³-hybridized carbons (Fsp3) is 0.294. The number of rotatable bonds is 0. The highest BCUT2D eigenvalue weighted by Crippen LogP contribution is 2.50. The van der Waals surface area contributed by atoms with Crippen molar-refractivity contribution in [3.8, 4) is 0 Å². The number of fused-ring (bicyclic) bond motifs is 2. The second-order valence-electron chi connectivity index (χ2n) is 5.22. The number of benzene rings is 1. The third-order valence-electron chi connectivity index (χ3n) is 4.34. The molecule has 1 unspecified atom stereocenters. The Labute approximate surface area is 102 Å². The summed E-state index contributed by atoms with van der Waals surface area (Å²) in [6.45, 7) is 0. The molecule has 0 saturated heterocycles. The molecule has 0 aromatic heterocycles. The first-order chi connectivity index (χ1) is 8.45. The molecule has 1 aromatic rings. The van der Waals surface area contributed by atoms with Gasteiger partial charge in [-0.1, -0.05) is 48.1 Å². The van der Waals surface area contributed by atoms with Crippen molar-refractivity contribution in [3.05, 3.63) is 64.8 Å². The van der Waals surface area contributed by atoms with Crippen molar-refractivity contribution in [1.29, 1.82) is 0 Å². The number of allylic oxidation sites excluding steroid dienone is 6. The van der Waals surface area contributed by atoms with Crippen LogP contribution in [0.3, 0.4) is 0 Å². The monoisotopic (exact) mass is 220 g/mol. The first kappa shape index (κ1) is 9.47. The molecule has 3 aliphatic carbocycles. The largest absolute Gasteiger partial charge is 0.0873 e. The van der Waals surface area contributed by atoms with Gasteiger partial charge in [0.25, 0.3) is 0 Å². The van der Waals surface area contributed by atoms with Crippen LogP contribution < -0.4 is 0 Å². The van der Waals surface area contributed by atoms with E-state index in [2.05, 4.69) is 42.5 Å². The van der Waals surface area contributed by atoms with Crippen LogP contribution in [-0.4, -0.2) is 0 Å². The van der Waals surface area contributed by atoms with Gasteiger partial charge in [0.2, 0.25) is 0 Å². The summed E-state index contributed by atoms with van der Waals surface area (Å²) in [7, 11) is 0. The first-order valence-electron chi connectivity index (χ1n) is 6.62. The summed E-state index contributed by atoms with van der Waals surface area (Å²) < 4.78 is 0. The third-order valence-corrected chi connectivity index (χ3v) is 4.34. The van der Waals surface area contributed by atoms with E-state index in [1.54, 1.807) is 16.7 Å². The van der Waals surface area contributed by atoms with Gasteiger partial charge in [-0.3, -0.25) is 0 Å². The summed E-state index contributed by atoms with van der Waals surface area (Å²) in [6, 6.07) is 6.85. The second kappa shape index (κ2) is 3.46. The summed E-state index contributed by atoms with van der Waals surface area (Å²) in [5, 5.41) is 0. The zero-order chi connectivity index (χ0) is 11.2. The van der Waals surface area contributed by atoms with Crippen LogP contribution in [0.4, 0.5) is 0 Å². The highest BCUT2D eigenvalue weighted by molar-refractivity contribution is 5.86. The van der Waals surface area contributed by atoms with Gasteiger partial charge in [0.05, 0.1) is 0 Å². The minimum absolute atomic E-state index is 0.680. The highest BCUT2D eigenvalue weighted by Gasteiger charge is 2.32. The van der Waals surface area contributed by atoms with Crippen LogP contribution in [0, 0.1) is 0 Å². The molecule has 0 nitrogen and oxygen atoms in total. The van der Waals surface area contributed by atoms with Crippen LogP contribution >= 0.6 is 0 Å². The van der Waals surface area contributed by atoms with E-state index in [0.29, 0.717) is 5.92 Å². The Kier molecular flexibility index (Phi) is 1.93. The van der Waals surface area contributed by atoms with Gasteiger partial charge in [-0.2, -0.15) is 0 Å². The molecule has 0 fully saturated rings. The van der Waals surface area contributed by atoms with Crippen LogP contribution in [0.2, 0.25) is 0 Å². The smallest absolute Gasteiger partial charge is 0.0101 e. The molecule has 0 amide bonds. The Hall–Kier alpha value is -1.56. The number of hydrogen-bond donors (Lipinski definition) is 0. The molecule has 4 rings (SSSR count). The molecule has 1 aromatic carbocycles. The molecule has 0 bridgehead atoms. The molecule has 0 heteroatoms. The van der Waals surface area contributed by atoms with E-state index in [1.165, 1.54) is 30.4 Å². The van der Waals surface area contributed by atoms with E-state index in [4.69, 9.17) is 0 Å². The lowest BCUT2D eigenvalue weighted by Crippen LogP contribution is -2.00. The summed E-state index contributed by atoms with van der Waals surface area (Å²) in [5.41, 5.74) is 7.93. The molecule has 0 heterocycles.